The lowest BCUT2D eigenvalue weighted by atomic mass is 10.0. The molecule has 168 valence electrons. The summed E-state index contributed by atoms with van der Waals surface area (Å²) in [7, 11) is -3.71. The maximum Gasteiger partial charge on any atom is 0.260 e. The van der Waals surface area contributed by atoms with E-state index in [-0.39, 0.29) is 41.9 Å². The smallest absolute Gasteiger partial charge is 0.260 e. The Balaban J connectivity index is 1.35. The fourth-order valence-electron chi connectivity index (χ4n) is 4.08. The van der Waals surface area contributed by atoms with Crippen molar-refractivity contribution in [1.82, 2.24) is 14.4 Å². The highest BCUT2D eigenvalue weighted by Gasteiger charge is 2.35. The second-order valence-electron chi connectivity index (χ2n) is 8.51. The zero-order valence-electron chi connectivity index (χ0n) is 18.2. The number of carbonyl (C=O) groups excluding carboxylic acids is 1. The minimum Gasteiger partial charge on any atom is -0.483 e. The number of aryl methyl sites for hydroxylation is 2. The number of para-hydroxylation sites is 1. The number of aromatic nitrogens is 1. The van der Waals surface area contributed by atoms with Crippen molar-refractivity contribution in [3.05, 3.63) is 35.2 Å². The molecule has 1 amide bonds. The summed E-state index contributed by atoms with van der Waals surface area (Å²) >= 11 is 0. The zero-order chi connectivity index (χ0) is 22.4. The number of rotatable bonds is 5. The number of piperazine rings is 1. The SMILES string of the molecule is Cc1noc(C)c1S(=O)(=O)N1CCN(C(=O)COc2cccc3c2OC(C)(C)C3)CC1. The highest BCUT2D eigenvalue weighted by molar-refractivity contribution is 7.89. The van der Waals surface area contributed by atoms with Gasteiger partial charge in [-0.25, -0.2) is 8.42 Å². The Labute approximate surface area is 181 Å². The third kappa shape index (κ3) is 4.14. The molecule has 1 saturated heterocycles. The number of hydrogen-bond donors (Lipinski definition) is 0. The van der Waals surface area contributed by atoms with Crippen LogP contribution in [0.25, 0.3) is 0 Å². The molecule has 2 aliphatic heterocycles. The van der Waals surface area contributed by atoms with E-state index >= 15 is 0 Å². The highest BCUT2D eigenvalue weighted by Crippen LogP contribution is 2.41. The summed E-state index contributed by atoms with van der Waals surface area (Å²) in [5.41, 5.74) is 1.10. The summed E-state index contributed by atoms with van der Waals surface area (Å²) in [5, 5.41) is 3.74. The van der Waals surface area contributed by atoms with Crippen LogP contribution in [0.3, 0.4) is 0 Å². The van der Waals surface area contributed by atoms with Crippen molar-refractivity contribution in [2.45, 2.75) is 44.6 Å². The average Bonchev–Trinajstić information content (AvgIpc) is 3.23. The first-order valence-corrected chi connectivity index (χ1v) is 11.7. The van der Waals surface area contributed by atoms with Crippen molar-refractivity contribution in [2.24, 2.45) is 0 Å². The van der Waals surface area contributed by atoms with E-state index in [9.17, 15) is 13.2 Å². The molecular formula is C21H27N3O6S. The number of benzene rings is 1. The Bertz CT molecular complexity index is 1080. The van der Waals surface area contributed by atoms with Gasteiger partial charge >= 0.3 is 0 Å². The van der Waals surface area contributed by atoms with Gasteiger partial charge in [-0.15, -0.1) is 0 Å². The lowest BCUT2D eigenvalue weighted by Gasteiger charge is -2.33. The predicted octanol–water partition coefficient (Wildman–Crippen LogP) is 1.92. The largest absolute Gasteiger partial charge is 0.483 e. The van der Waals surface area contributed by atoms with Crippen LogP contribution in [0.1, 0.15) is 30.9 Å². The van der Waals surface area contributed by atoms with Crippen LogP contribution in [0.2, 0.25) is 0 Å². The van der Waals surface area contributed by atoms with E-state index in [0.717, 1.165) is 12.0 Å². The molecule has 31 heavy (non-hydrogen) atoms. The number of amides is 1. The van der Waals surface area contributed by atoms with Gasteiger partial charge in [-0.1, -0.05) is 17.3 Å². The first-order chi connectivity index (χ1) is 14.6. The Morgan fingerprint density at radius 1 is 1.19 bits per heavy atom. The molecule has 0 aliphatic carbocycles. The van der Waals surface area contributed by atoms with E-state index in [1.54, 1.807) is 24.8 Å². The van der Waals surface area contributed by atoms with Crippen LogP contribution in [-0.4, -0.2) is 67.1 Å². The van der Waals surface area contributed by atoms with E-state index in [2.05, 4.69) is 5.16 Å². The Kier molecular flexibility index (Phi) is 5.47. The molecule has 1 aromatic heterocycles. The lowest BCUT2D eigenvalue weighted by Crippen LogP contribution is -2.51. The van der Waals surface area contributed by atoms with Gasteiger partial charge < -0.3 is 18.9 Å². The Morgan fingerprint density at radius 3 is 2.55 bits per heavy atom. The third-order valence-electron chi connectivity index (χ3n) is 5.56. The number of hydrogen-bond acceptors (Lipinski definition) is 7. The minimum atomic E-state index is -3.71. The standard InChI is InChI=1S/C21H27N3O6S/c1-14-20(15(2)30-22-14)31(26,27)24-10-8-23(9-11-24)18(25)13-28-17-7-5-6-16-12-21(3,4)29-19(16)17/h5-7H,8-13H2,1-4H3. The zero-order valence-corrected chi connectivity index (χ0v) is 19.0. The molecule has 1 fully saturated rings. The van der Waals surface area contributed by atoms with Crippen LogP contribution in [-0.2, 0) is 21.2 Å². The van der Waals surface area contributed by atoms with Crippen LogP contribution in [0.15, 0.2) is 27.6 Å². The number of nitrogens with zero attached hydrogens (tertiary/aromatic N) is 3. The lowest BCUT2D eigenvalue weighted by molar-refractivity contribution is -0.134. The first kappa shape index (κ1) is 21.6. The van der Waals surface area contributed by atoms with Crippen LogP contribution in [0.4, 0.5) is 0 Å². The molecule has 9 nitrogen and oxygen atoms in total. The number of sulfonamides is 1. The predicted molar refractivity (Wildman–Crippen MR) is 112 cm³/mol. The van der Waals surface area contributed by atoms with Gasteiger partial charge in [-0.05, 0) is 33.8 Å². The fourth-order valence-corrected chi connectivity index (χ4v) is 5.79. The van der Waals surface area contributed by atoms with Crippen LogP contribution in [0.5, 0.6) is 11.5 Å². The van der Waals surface area contributed by atoms with Gasteiger partial charge in [0.25, 0.3) is 5.91 Å². The molecule has 10 heteroatoms. The van der Waals surface area contributed by atoms with Crippen molar-refractivity contribution < 1.29 is 27.2 Å². The van der Waals surface area contributed by atoms with Crippen LogP contribution >= 0.6 is 0 Å². The van der Waals surface area contributed by atoms with E-state index in [1.165, 1.54) is 4.31 Å². The van der Waals surface area contributed by atoms with E-state index in [4.69, 9.17) is 14.0 Å². The van der Waals surface area contributed by atoms with Crippen molar-refractivity contribution in [2.75, 3.05) is 32.8 Å². The molecule has 0 N–H and O–H groups in total. The summed E-state index contributed by atoms with van der Waals surface area (Å²) < 4.78 is 44.0. The van der Waals surface area contributed by atoms with Crippen LogP contribution in [0, 0.1) is 13.8 Å². The topological polar surface area (TPSA) is 102 Å². The van der Waals surface area contributed by atoms with Gasteiger partial charge in [-0.2, -0.15) is 4.31 Å². The summed E-state index contributed by atoms with van der Waals surface area (Å²) in [6.07, 6.45) is 0.787. The first-order valence-electron chi connectivity index (χ1n) is 10.2. The molecule has 0 bridgehead atoms. The van der Waals surface area contributed by atoms with Gasteiger partial charge in [-0.3, -0.25) is 4.79 Å². The molecule has 3 heterocycles. The van der Waals surface area contributed by atoms with Crippen molar-refractivity contribution in [3.63, 3.8) is 0 Å². The van der Waals surface area contributed by atoms with E-state index in [0.29, 0.717) is 30.3 Å². The fraction of sp³-hybridized carbons (Fsp3) is 0.524. The van der Waals surface area contributed by atoms with Gasteiger partial charge in [0.1, 0.15) is 16.2 Å². The Morgan fingerprint density at radius 2 is 1.90 bits per heavy atom. The highest BCUT2D eigenvalue weighted by atomic mass is 32.2. The molecule has 2 aliphatic rings. The molecule has 4 rings (SSSR count). The van der Waals surface area contributed by atoms with Crippen molar-refractivity contribution in [3.8, 4) is 11.5 Å². The van der Waals surface area contributed by atoms with Gasteiger partial charge in [0, 0.05) is 38.2 Å². The minimum absolute atomic E-state index is 0.108. The quantitative estimate of drug-likeness (QED) is 0.687. The molecule has 0 saturated carbocycles. The molecule has 0 spiro atoms. The summed E-state index contributed by atoms with van der Waals surface area (Å²) in [6, 6.07) is 5.68. The van der Waals surface area contributed by atoms with Crippen molar-refractivity contribution >= 4 is 15.9 Å². The summed E-state index contributed by atoms with van der Waals surface area (Å²) in [5.74, 6) is 1.32. The maximum absolute atomic E-state index is 12.9. The van der Waals surface area contributed by atoms with Gasteiger partial charge in [0.05, 0.1) is 0 Å². The molecule has 0 radical (unpaired) electrons. The third-order valence-corrected chi connectivity index (χ3v) is 7.71. The summed E-state index contributed by atoms with van der Waals surface area (Å²) in [4.78, 5) is 14.4. The van der Waals surface area contributed by atoms with Crippen LogP contribution < -0.4 is 9.47 Å². The molecule has 0 atom stereocenters. The molecule has 2 aromatic rings. The molecule has 0 unspecified atom stereocenters. The normalized spacial score (nSPS) is 18.5. The van der Waals surface area contributed by atoms with Gasteiger partial charge in [0.2, 0.25) is 10.0 Å². The Hall–Kier alpha value is -2.59. The van der Waals surface area contributed by atoms with Crippen molar-refractivity contribution in [1.29, 1.82) is 0 Å². The number of carbonyl (C=O) groups is 1. The van der Waals surface area contributed by atoms with E-state index < -0.39 is 10.0 Å². The summed E-state index contributed by atoms with van der Waals surface area (Å²) in [6.45, 7) is 8.07. The number of fused-ring (bicyclic) bond motifs is 1. The molecular weight excluding hydrogens is 422 g/mol. The monoisotopic (exact) mass is 449 g/mol. The maximum atomic E-state index is 12.9. The second-order valence-corrected chi connectivity index (χ2v) is 10.4. The van der Waals surface area contributed by atoms with E-state index in [1.807, 2.05) is 26.0 Å². The number of ether oxygens (including phenoxy) is 2. The second kappa shape index (κ2) is 7.83. The molecule has 1 aromatic carbocycles. The average molecular weight is 450 g/mol. The van der Waals surface area contributed by atoms with Gasteiger partial charge in [0.15, 0.2) is 23.9 Å².